The monoisotopic (exact) mass is 309 g/mol. The molecule has 0 aliphatic carbocycles. The molecule has 0 saturated carbocycles. The predicted octanol–water partition coefficient (Wildman–Crippen LogP) is 0.748. The van der Waals surface area contributed by atoms with Crippen LogP contribution in [-0.4, -0.2) is 46.9 Å². The van der Waals surface area contributed by atoms with Crippen LogP contribution in [0.2, 0.25) is 0 Å². The maximum Gasteiger partial charge on any atom is 0.330 e. The lowest BCUT2D eigenvalue weighted by Crippen LogP contribution is -2.38. The van der Waals surface area contributed by atoms with Crippen LogP contribution < -0.4 is 11.2 Å². The molecule has 1 aliphatic heterocycles. The van der Waals surface area contributed by atoms with E-state index in [0.29, 0.717) is 6.54 Å². The second kappa shape index (κ2) is 8.29. The van der Waals surface area contributed by atoms with Crippen molar-refractivity contribution in [2.24, 2.45) is 7.05 Å². The molecule has 124 valence electrons. The summed E-state index contributed by atoms with van der Waals surface area (Å²) in [7, 11) is 1.53. The van der Waals surface area contributed by atoms with E-state index in [1.54, 1.807) is 4.57 Å². The van der Waals surface area contributed by atoms with Crippen LogP contribution in [-0.2, 0) is 18.3 Å². The zero-order chi connectivity index (χ0) is 15.9. The third-order valence-corrected chi connectivity index (χ3v) is 4.32. The molecule has 1 aromatic heterocycles. The van der Waals surface area contributed by atoms with Crippen molar-refractivity contribution < 1.29 is 4.74 Å². The fourth-order valence-corrected chi connectivity index (χ4v) is 2.84. The van der Waals surface area contributed by atoms with Crippen LogP contribution in [0, 0.1) is 6.92 Å². The topological polar surface area (TPSA) is 56.5 Å². The molecule has 1 fully saturated rings. The Bertz CT molecular complexity index is 585. The van der Waals surface area contributed by atoms with Crippen molar-refractivity contribution >= 4 is 0 Å². The molecule has 6 nitrogen and oxygen atoms in total. The highest BCUT2D eigenvalue weighted by Gasteiger charge is 2.09. The van der Waals surface area contributed by atoms with E-state index in [1.165, 1.54) is 30.5 Å². The van der Waals surface area contributed by atoms with Gasteiger partial charge in [-0.2, -0.15) is 0 Å². The third-order valence-electron chi connectivity index (χ3n) is 4.32. The molecule has 0 aromatic carbocycles. The highest BCUT2D eigenvalue weighted by Crippen LogP contribution is 2.05. The van der Waals surface area contributed by atoms with Gasteiger partial charge in [0.15, 0.2) is 0 Å². The number of rotatable bonds is 7. The minimum Gasteiger partial charge on any atom is -0.379 e. The molecule has 0 atom stereocenters. The molecule has 2 rings (SSSR count). The van der Waals surface area contributed by atoms with E-state index in [0.717, 1.165) is 51.4 Å². The van der Waals surface area contributed by atoms with Crippen LogP contribution >= 0.6 is 0 Å². The van der Waals surface area contributed by atoms with E-state index in [4.69, 9.17) is 4.74 Å². The molecule has 0 N–H and O–H groups in total. The summed E-state index contributed by atoms with van der Waals surface area (Å²) in [6.45, 7) is 7.46. The Kier molecular flexibility index (Phi) is 6.39. The Labute approximate surface area is 131 Å². The van der Waals surface area contributed by atoms with Crippen LogP contribution in [0.1, 0.15) is 31.4 Å². The van der Waals surface area contributed by atoms with E-state index >= 15 is 0 Å². The smallest absolute Gasteiger partial charge is 0.330 e. The van der Waals surface area contributed by atoms with Gasteiger partial charge in [0.05, 0.1) is 13.2 Å². The average Bonchev–Trinajstić information content (AvgIpc) is 2.52. The summed E-state index contributed by atoms with van der Waals surface area (Å²) in [5.41, 5.74) is 0.309. The minimum absolute atomic E-state index is 0.210. The first-order chi connectivity index (χ1) is 10.6. The van der Waals surface area contributed by atoms with Gasteiger partial charge in [-0.1, -0.05) is 12.8 Å². The number of hydrogen-bond acceptors (Lipinski definition) is 4. The van der Waals surface area contributed by atoms with Crippen LogP contribution in [0.3, 0.4) is 0 Å². The second-order valence-electron chi connectivity index (χ2n) is 5.99. The number of hydrogen-bond donors (Lipinski definition) is 0. The van der Waals surface area contributed by atoms with E-state index in [1.807, 2.05) is 6.92 Å². The molecule has 1 aromatic rings. The number of ether oxygens (including phenoxy) is 1. The summed E-state index contributed by atoms with van der Waals surface area (Å²) >= 11 is 0. The van der Waals surface area contributed by atoms with Crippen LogP contribution in [0.15, 0.2) is 15.7 Å². The number of morpholine rings is 1. The van der Waals surface area contributed by atoms with Gasteiger partial charge in [0, 0.05) is 38.4 Å². The standard InChI is InChI=1S/C16H27N3O3/c1-14-13-15(20)17(2)16(21)19(14)8-6-4-3-5-7-18-9-11-22-12-10-18/h13H,3-12H2,1-2H3. The lowest BCUT2D eigenvalue weighted by molar-refractivity contribution is 0.0371. The van der Waals surface area contributed by atoms with Crippen molar-refractivity contribution in [1.29, 1.82) is 0 Å². The van der Waals surface area contributed by atoms with E-state index in [2.05, 4.69) is 4.90 Å². The van der Waals surface area contributed by atoms with Crippen molar-refractivity contribution in [3.8, 4) is 0 Å². The lowest BCUT2D eigenvalue weighted by Gasteiger charge is -2.26. The number of unbranched alkanes of at least 4 members (excludes halogenated alkanes) is 3. The summed E-state index contributed by atoms with van der Waals surface area (Å²) in [5, 5.41) is 0. The van der Waals surface area contributed by atoms with Gasteiger partial charge in [0.2, 0.25) is 0 Å². The van der Waals surface area contributed by atoms with Crippen molar-refractivity contribution in [1.82, 2.24) is 14.0 Å². The summed E-state index contributed by atoms with van der Waals surface area (Å²) < 4.78 is 8.21. The highest BCUT2D eigenvalue weighted by atomic mass is 16.5. The largest absolute Gasteiger partial charge is 0.379 e. The van der Waals surface area contributed by atoms with Crippen molar-refractivity contribution in [3.05, 3.63) is 32.6 Å². The normalized spacial score (nSPS) is 16.1. The van der Waals surface area contributed by atoms with Crippen molar-refractivity contribution in [2.75, 3.05) is 32.8 Å². The van der Waals surface area contributed by atoms with Gasteiger partial charge in [0.25, 0.3) is 5.56 Å². The first-order valence-electron chi connectivity index (χ1n) is 8.17. The van der Waals surface area contributed by atoms with Crippen LogP contribution in [0.5, 0.6) is 0 Å². The van der Waals surface area contributed by atoms with E-state index < -0.39 is 0 Å². The average molecular weight is 309 g/mol. The zero-order valence-electron chi connectivity index (χ0n) is 13.7. The first-order valence-corrected chi connectivity index (χ1v) is 8.17. The Morgan fingerprint density at radius 1 is 1.05 bits per heavy atom. The maximum atomic E-state index is 12.0. The number of aromatic nitrogens is 2. The molecular formula is C16H27N3O3. The first kappa shape index (κ1) is 17.0. The Morgan fingerprint density at radius 3 is 2.36 bits per heavy atom. The van der Waals surface area contributed by atoms with Gasteiger partial charge in [0.1, 0.15) is 0 Å². The molecule has 0 radical (unpaired) electrons. The fraction of sp³-hybridized carbons (Fsp3) is 0.750. The Morgan fingerprint density at radius 2 is 1.68 bits per heavy atom. The van der Waals surface area contributed by atoms with E-state index in [9.17, 15) is 9.59 Å². The molecule has 0 spiro atoms. The summed E-state index contributed by atoms with van der Waals surface area (Å²) in [4.78, 5) is 26.0. The van der Waals surface area contributed by atoms with Gasteiger partial charge in [-0.3, -0.25) is 18.8 Å². The minimum atomic E-state index is -0.232. The fourth-order valence-electron chi connectivity index (χ4n) is 2.84. The summed E-state index contributed by atoms with van der Waals surface area (Å²) in [5.74, 6) is 0. The molecule has 0 unspecified atom stereocenters. The zero-order valence-corrected chi connectivity index (χ0v) is 13.7. The Balaban J connectivity index is 1.70. The van der Waals surface area contributed by atoms with Crippen molar-refractivity contribution in [2.45, 2.75) is 39.2 Å². The van der Waals surface area contributed by atoms with Crippen molar-refractivity contribution in [3.63, 3.8) is 0 Å². The SMILES string of the molecule is Cc1cc(=O)n(C)c(=O)n1CCCCCCN1CCOCC1. The summed E-state index contributed by atoms with van der Waals surface area (Å²) in [6.07, 6.45) is 4.46. The molecule has 22 heavy (non-hydrogen) atoms. The third kappa shape index (κ3) is 4.55. The van der Waals surface area contributed by atoms with Gasteiger partial charge in [-0.25, -0.2) is 4.79 Å². The molecular weight excluding hydrogens is 282 g/mol. The summed E-state index contributed by atoms with van der Waals surface area (Å²) in [6, 6.07) is 1.53. The molecule has 0 bridgehead atoms. The quantitative estimate of drug-likeness (QED) is 0.698. The maximum absolute atomic E-state index is 12.0. The second-order valence-corrected chi connectivity index (χ2v) is 5.99. The number of nitrogens with zero attached hydrogens (tertiary/aromatic N) is 3. The van der Waals surface area contributed by atoms with E-state index in [-0.39, 0.29) is 11.2 Å². The molecule has 1 saturated heterocycles. The van der Waals surface area contributed by atoms with Crippen LogP contribution in [0.25, 0.3) is 0 Å². The lowest BCUT2D eigenvalue weighted by atomic mass is 10.2. The molecule has 0 amide bonds. The molecule has 6 heteroatoms. The van der Waals surface area contributed by atoms with Gasteiger partial charge >= 0.3 is 5.69 Å². The Hall–Kier alpha value is -1.40. The van der Waals surface area contributed by atoms with Gasteiger partial charge < -0.3 is 4.74 Å². The number of aryl methyl sites for hydroxylation is 1. The highest BCUT2D eigenvalue weighted by molar-refractivity contribution is 4.99. The van der Waals surface area contributed by atoms with Gasteiger partial charge in [-0.05, 0) is 26.3 Å². The molecule has 2 heterocycles. The van der Waals surface area contributed by atoms with Gasteiger partial charge in [-0.15, -0.1) is 0 Å². The predicted molar refractivity (Wildman–Crippen MR) is 86.4 cm³/mol. The molecule has 1 aliphatic rings. The van der Waals surface area contributed by atoms with Crippen LogP contribution in [0.4, 0.5) is 0 Å².